The van der Waals surface area contributed by atoms with E-state index in [1.165, 1.54) is 5.56 Å². The number of rotatable bonds is 9. The van der Waals surface area contributed by atoms with Crippen molar-refractivity contribution in [1.29, 1.82) is 0 Å². The lowest BCUT2D eigenvalue weighted by Gasteiger charge is -2.11. The molecule has 0 aliphatic heterocycles. The van der Waals surface area contributed by atoms with E-state index in [4.69, 9.17) is 0 Å². The van der Waals surface area contributed by atoms with Crippen LogP contribution in [0.5, 0.6) is 0 Å². The van der Waals surface area contributed by atoms with E-state index in [2.05, 4.69) is 37.8 Å². The Bertz CT molecular complexity index is 353. The number of carbonyl (C=O) groups is 1. The normalized spacial score (nSPS) is 12.1. The van der Waals surface area contributed by atoms with Gasteiger partial charge in [0, 0.05) is 12.8 Å². The van der Waals surface area contributed by atoms with E-state index in [1.54, 1.807) is 0 Å². The second kappa shape index (κ2) is 8.68. The molecule has 0 unspecified atom stereocenters. The zero-order valence-electron chi connectivity index (χ0n) is 11.4. The Balaban J connectivity index is 2.33. The summed E-state index contributed by atoms with van der Waals surface area (Å²) in [6.45, 7) is 5.97. The molecule has 0 spiro atoms. The highest BCUT2D eigenvalue weighted by atomic mass is 16.1. The number of unbranched alkanes of at least 4 members (excludes halogenated alkanes) is 1. The minimum absolute atomic E-state index is 0.328. The molecule has 0 saturated heterocycles. The molecule has 0 heterocycles. The maximum Gasteiger partial charge on any atom is 0.133 e. The summed E-state index contributed by atoms with van der Waals surface area (Å²) in [4.78, 5) is 11.7. The first-order chi connectivity index (χ1) is 8.76. The van der Waals surface area contributed by atoms with Gasteiger partial charge in [-0.25, -0.2) is 0 Å². The Morgan fingerprint density at radius 2 is 2.06 bits per heavy atom. The van der Waals surface area contributed by atoms with E-state index in [-0.39, 0.29) is 0 Å². The van der Waals surface area contributed by atoms with Crippen molar-refractivity contribution in [3.63, 3.8) is 0 Å². The first-order valence-corrected chi connectivity index (χ1v) is 6.94. The maximum absolute atomic E-state index is 11.7. The SMILES string of the molecule is C=C[C@H](CCc1ccccc1)CC(=O)CCCC. The fourth-order valence-corrected chi connectivity index (χ4v) is 2.07. The average molecular weight is 244 g/mol. The van der Waals surface area contributed by atoms with Crippen LogP contribution in [0.2, 0.25) is 0 Å². The Labute approximate surface area is 111 Å². The highest BCUT2D eigenvalue weighted by Crippen LogP contribution is 2.16. The first-order valence-electron chi connectivity index (χ1n) is 6.94. The summed E-state index contributed by atoms with van der Waals surface area (Å²) in [5.41, 5.74) is 1.34. The zero-order valence-corrected chi connectivity index (χ0v) is 11.4. The van der Waals surface area contributed by atoms with Gasteiger partial charge in [-0.3, -0.25) is 4.79 Å². The Hall–Kier alpha value is -1.37. The van der Waals surface area contributed by atoms with Gasteiger partial charge in [-0.05, 0) is 30.7 Å². The Kier molecular flexibility index (Phi) is 7.09. The highest BCUT2D eigenvalue weighted by molar-refractivity contribution is 5.78. The van der Waals surface area contributed by atoms with Crippen molar-refractivity contribution >= 4 is 5.78 Å². The molecule has 1 rings (SSSR count). The fraction of sp³-hybridized carbons (Fsp3) is 0.471. The van der Waals surface area contributed by atoms with Crippen LogP contribution in [0.4, 0.5) is 0 Å². The van der Waals surface area contributed by atoms with Crippen LogP contribution in [0, 0.1) is 5.92 Å². The molecular weight excluding hydrogens is 220 g/mol. The van der Waals surface area contributed by atoms with Crippen LogP contribution in [0.15, 0.2) is 43.0 Å². The van der Waals surface area contributed by atoms with Crippen molar-refractivity contribution < 1.29 is 4.79 Å². The molecule has 0 aliphatic carbocycles. The second-order valence-electron chi connectivity index (χ2n) is 4.87. The van der Waals surface area contributed by atoms with Gasteiger partial charge >= 0.3 is 0 Å². The topological polar surface area (TPSA) is 17.1 Å². The van der Waals surface area contributed by atoms with Crippen LogP contribution in [0.25, 0.3) is 0 Å². The van der Waals surface area contributed by atoms with Crippen molar-refractivity contribution in [3.8, 4) is 0 Å². The predicted molar refractivity (Wildman–Crippen MR) is 77.6 cm³/mol. The van der Waals surface area contributed by atoms with Crippen molar-refractivity contribution in [2.45, 2.75) is 45.4 Å². The lowest BCUT2D eigenvalue weighted by atomic mass is 9.93. The molecule has 98 valence electrons. The number of aryl methyl sites for hydroxylation is 1. The number of allylic oxidation sites excluding steroid dienone is 1. The summed E-state index contributed by atoms with van der Waals surface area (Å²) in [5, 5.41) is 0. The van der Waals surface area contributed by atoms with Crippen molar-refractivity contribution in [2.75, 3.05) is 0 Å². The molecule has 0 aliphatic rings. The number of hydrogen-bond acceptors (Lipinski definition) is 1. The number of hydrogen-bond donors (Lipinski definition) is 0. The summed E-state index contributed by atoms with van der Waals surface area (Å²) in [7, 11) is 0. The Morgan fingerprint density at radius 1 is 1.33 bits per heavy atom. The smallest absolute Gasteiger partial charge is 0.133 e. The van der Waals surface area contributed by atoms with Crippen LogP contribution in [-0.4, -0.2) is 5.78 Å². The molecule has 0 amide bonds. The van der Waals surface area contributed by atoms with E-state index in [9.17, 15) is 4.79 Å². The average Bonchev–Trinajstić information content (AvgIpc) is 2.42. The lowest BCUT2D eigenvalue weighted by molar-refractivity contribution is -0.119. The fourth-order valence-electron chi connectivity index (χ4n) is 2.07. The van der Waals surface area contributed by atoms with Gasteiger partial charge in [0.05, 0.1) is 0 Å². The number of benzene rings is 1. The van der Waals surface area contributed by atoms with Crippen molar-refractivity contribution in [3.05, 3.63) is 48.6 Å². The molecule has 18 heavy (non-hydrogen) atoms. The van der Waals surface area contributed by atoms with E-state index < -0.39 is 0 Å². The first kappa shape index (κ1) is 14.7. The zero-order chi connectivity index (χ0) is 13.2. The largest absolute Gasteiger partial charge is 0.300 e. The molecule has 0 fully saturated rings. The third-order valence-electron chi connectivity index (χ3n) is 3.28. The van der Waals surface area contributed by atoms with E-state index in [1.807, 2.05) is 12.1 Å². The van der Waals surface area contributed by atoms with Crippen molar-refractivity contribution in [2.24, 2.45) is 5.92 Å². The van der Waals surface area contributed by atoms with Crippen LogP contribution < -0.4 is 0 Å². The molecule has 1 atom stereocenters. The monoisotopic (exact) mass is 244 g/mol. The third kappa shape index (κ3) is 5.81. The summed E-state index contributed by atoms with van der Waals surface area (Å²) < 4.78 is 0. The minimum atomic E-state index is 0.328. The Morgan fingerprint density at radius 3 is 2.67 bits per heavy atom. The van der Waals surface area contributed by atoms with Gasteiger partial charge in [-0.2, -0.15) is 0 Å². The number of carbonyl (C=O) groups excluding carboxylic acids is 1. The standard InChI is InChI=1S/C17H24O/c1-3-5-11-17(18)14-15(4-2)12-13-16-9-7-6-8-10-16/h4,6-10,15H,2-3,5,11-14H2,1H3/t15-/m1/s1. The van der Waals surface area contributed by atoms with Crippen LogP contribution in [-0.2, 0) is 11.2 Å². The third-order valence-corrected chi connectivity index (χ3v) is 3.28. The van der Waals surface area contributed by atoms with Gasteiger partial charge < -0.3 is 0 Å². The summed E-state index contributed by atoms with van der Waals surface area (Å²) in [5.74, 6) is 0.712. The molecule has 1 heteroatoms. The molecule has 0 saturated carbocycles. The van der Waals surface area contributed by atoms with Crippen LogP contribution in [0.1, 0.15) is 44.6 Å². The van der Waals surface area contributed by atoms with E-state index in [0.717, 1.165) is 32.1 Å². The summed E-state index contributed by atoms with van der Waals surface area (Å²) in [6, 6.07) is 10.4. The van der Waals surface area contributed by atoms with Crippen LogP contribution in [0.3, 0.4) is 0 Å². The highest BCUT2D eigenvalue weighted by Gasteiger charge is 2.10. The molecule has 0 radical (unpaired) electrons. The van der Waals surface area contributed by atoms with Gasteiger partial charge in [0.25, 0.3) is 0 Å². The van der Waals surface area contributed by atoms with Gasteiger partial charge in [-0.15, -0.1) is 6.58 Å². The summed E-state index contributed by atoms with van der Waals surface area (Å²) in [6.07, 6.45) is 7.48. The van der Waals surface area contributed by atoms with Gasteiger partial charge in [-0.1, -0.05) is 49.8 Å². The van der Waals surface area contributed by atoms with Gasteiger partial charge in [0.2, 0.25) is 0 Å². The lowest BCUT2D eigenvalue weighted by Crippen LogP contribution is -2.07. The molecule has 1 nitrogen and oxygen atoms in total. The predicted octanol–water partition coefficient (Wildman–Crippen LogP) is 4.57. The quantitative estimate of drug-likeness (QED) is 0.581. The molecule has 0 bridgehead atoms. The van der Waals surface area contributed by atoms with Crippen molar-refractivity contribution in [1.82, 2.24) is 0 Å². The summed E-state index contributed by atoms with van der Waals surface area (Å²) >= 11 is 0. The van der Waals surface area contributed by atoms with E-state index >= 15 is 0 Å². The van der Waals surface area contributed by atoms with Gasteiger partial charge in [0.1, 0.15) is 5.78 Å². The number of ketones is 1. The number of Topliss-reactive ketones (excluding diaryl/α,β-unsaturated/α-hetero) is 1. The molecule has 0 aromatic heterocycles. The van der Waals surface area contributed by atoms with Crippen LogP contribution >= 0.6 is 0 Å². The molecule has 1 aromatic carbocycles. The molecular formula is C17H24O. The van der Waals surface area contributed by atoms with E-state index in [0.29, 0.717) is 18.1 Å². The minimum Gasteiger partial charge on any atom is -0.300 e. The maximum atomic E-state index is 11.7. The second-order valence-corrected chi connectivity index (χ2v) is 4.87. The molecule has 1 aromatic rings. The molecule has 0 N–H and O–H groups in total. The van der Waals surface area contributed by atoms with Gasteiger partial charge in [0.15, 0.2) is 0 Å².